The van der Waals surface area contributed by atoms with E-state index in [1.165, 1.54) is 4.90 Å². The number of amides is 1. The summed E-state index contributed by atoms with van der Waals surface area (Å²) in [6.07, 6.45) is 2.74. The molecule has 1 aromatic rings. The second-order valence-electron chi connectivity index (χ2n) is 6.02. The number of hydrogen-bond acceptors (Lipinski definition) is 3. The molecule has 7 nitrogen and oxygen atoms in total. The van der Waals surface area contributed by atoms with E-state index in [1.807, 2.05) is 42.7 Å². The minimum atomic E-state index is -0.0380. The van der Waals surface area contributed by atoms with E-state index >= 15 is 0 Å². The monoisotopic (exact) mass is 371 g/mol. The van der Waals surface area contributed by atoms with Gasteiger partial charge in [0.05, 0.1) is 11.6 Å². The standard InChI is InChI=1S/C17H30ClN5O2/c1-6-25-9-7-8-19-17(20-11-16(24)21(2)3)23(5)13-15-10-14(18)12-22(15)4/h10,12H,6-9,11,13H2,1-5H3,(H,19,20). The summed E-state index contributed by atoms with van der Waals surface area (Å²) in [6, 6.07) is 1.93. The van der Waals surface area contributed by atoms with Crippen LogP contribution in [0.3, 0.4) is 0 Å². The second kappa shape index (κ2) is 11.0. The van der Waals surface area contributed by atoms with Crippen molar-refractivity contribution >= 4 is 23.5 Å². The fraction of sp³-hybridized carbons (Fsp3) is 0.647. The number of carbonyl (C=O) groups is 1. The summed E-state index contributed by atoms with van der Waals surface area (Å²) in [7, 11) is 7.35. The molecule has 0 radical (unpaired) electrons. The van der Waals surface area contributed by atoms with Crippen LogP contribution >= 0.6 is 11.6 Å². The number of aromatic nitrogens is 1. The molecule has 0 aliphatic carbocycles. The predicted octanol–water partition coefficient (Wildman–Crippen LogP) is 1.57. The molecule has 1 amide bonds. The number of aryl methyl sites for hydroxylation is 1. The van der Waals surface area contributed by atoms with Gasteiger partial charge in [-0.25, -0.2) is 4.99 Å². The quantitative estimate of drug-likeness (QED) is 0.406. The number of nitrogens with one attached hydrogen (secondary N) is 1. The normalized spacial score (nSPS) is 11.5. The smallest absolute Gasteiger partial charge is 0.243 e. The Morgan fingerprint density at radius 2 is 2.12 bits per heavy atom. The Kier molecular flexibility index (Phi) is 9.37. The van der Waals surface area contributed by atoms with Gasteiger partial charge in [0.1, 0.15) is 6.54 Å². The minimum Gasteiger partial charge on any atom is -0.382 e. The molecule has 8 heteroatoms. The van der Waals surface area contributed by atoms with E-state index in [-0.39, 0.29) is 12.5 Å². The second-order valence-corrected chi connectivity index (χ2v) is 6.46. The van der Waals surface area contributed by atoms with E-state index in [2.05, 4.69) is 10.3 Å². The number of likely N-dealkylation sites (N-methyl/N-ethyl adjacent to an activating group) is 1. The molecule has 142 valence electrons. The van der Waals surface area contributed by atoms with Gasteiger partial charge in [-0.3, -0.25) is 4.79 Å². The topological polar surface area (TPSA) is 62.1 Å². The van der Waals surface area contributed by atoms with E-state index in [4.69, 9.17) is 16.3 Å². The van der Waals surface area contributed by atoms with Crippen LogP contribution in [-0.4, -0.2) is 73.7 Å². The van der Waals surface area contributed by atoms with Crippen molar-refractivity contribution in [2.75, 3.05) is 47.4 Å². The average Bonchev–Trinajstić information content (AvgIpc) is 2.86. The summed E-state index contributed by atoms with van der Waals surface area (Å²) in [5, 5.41) is 4.01. The molecular formula is C17H30ClN5O2. The average molecular weight is 372 g/mol. The van der Waals surface area contributed by atoms with Crippen LogP contribution < -0.4 is 5.32 Å². The Hall–Kier alpha value is -1.73. The first-order valence-corrected chi connectivity index (χ1v) is 8.81. The van der Waals surface area contributed by atoms with Gasteiger partial charge in [0, 0.05) is 59.8 Å². The van der Waals surface area contributed by atoms with Gasteiger partial charge in [0.25, 0.3) is 0 Å². The third-order valence-electron chi connectivity index (χ3n) is 3.65. The number of ether oxygens (including phenoxy) is 1. The number of guanidine groups is 1. The van der Waals surface area contributed by atoms with E-state index in [0.717, 1.165) is 18.7 Å². The fourth-order valence-corrected chi connectivity index (χ4v) is 2.43. The van der Waals surface area contributed by atoms with Crippen LogP contribution in [-0.2, 0) is 23.1 Å². The van der Waals surface area contributed by atoms with Gasteiger partial charge >= 0.3 is 0 Å². The minimum absolute atomic E-state index is 0.0380. The molecule has 25 heavy (non-hydrogen) atoms. The maximum Gasteiger partial charge on any atom is 0.243 e. The highest BCUT2D eigenvalue weighted by Crippen LogP contribution is 2.14. The Morgan fingerprint density at radius 3 is 2.68 bits per heavy atom. The molecular weight excluding hydrogens is 342 g/mol. The molecule has 0 aromatic carbocycles. The van der Waals surface area contributed by atoms with Gasteiger partial charge in [-0.1, -0.05) is 11.6 Å². The summed E-state index contributed by atoms with van der Waals surface area (Å²) in [4.78, 5) is 19.8. The number of aliphatic imine (C=N–C) groups is 1. The summed E-state index contributed by atoms with van der Waals surface area (Å²) >= 11 is 6.05. The van der Waals surface area contributed by atoms with Crippen molar-refractivity contribution in [1.82, 2.24) is 19.7 Å². The van der Waals surface area contributed by atoms with Crippen LogP contribution in [0, 0.1) is 0 Å². The molecule has 1 rings (SSSR count). The predicted molar refractivity (Wildman–Crippen MR) is 102 cm³/mol. The number of hydrogen-bond donors (Lipinski definition) is 1. The largest absolute Gasteiger partial charge is 0.382 e. The van der Waals surface area contributed by atoms with Crippen molar-refractivity contribution in [3.8, 4) is 0 Å². The summed E-state index contributed by atoms with van der Waals surface area (Å²) < 4.78 is 7.33. The van der Waals surface area contributed by atoms with Crippen molar-refractivity contribution in [2.24, 2.45) is 12.0 Å². The number of nitrogens with zero attached hydrogens (tertiary/aromatic N) is 4. The molecule has 0 saturated carbocycles. The maximum absolute atomic E-state index is 11.8. The SMILES string of the molecule is CCOCCCNC(=NCC(=O)N(C)C)N(C)Cc1cc(Cl)cn1C. The van der Waals surface area contributed by atoms with Crippen LogP contribution in [0.4, 0.5) is 0 Å². The molecule has 0 atom stereocenters. The molecule has 1 N–H and O–H groups in total. The van der Waals surface area contributed by atoms with Gasteiger partial charge in [0.15, 0.2) is 5.96 Å². The van der Waals surface area contributed by atoms with Gasteiger partial charge in [0.2, 0.25) is 5.91 Å². The lowest BCUT2D eigenvalue weighted by Crippen LogP contribution is -2.40. The lowest BCUT2D eigenvalue weighted by Gasteiger charge is -2.23. The van der Waals surface area contributed by atoms with Crippen LogP contribution in [0.5, 0.6) is 0 Å². The van der Waals surface area contributed by atoms with Crippen molar-refractivity contribution in [3.63, 3.8) is 0 Å². The van der Waals surface area contributed by atoms with E-state index in [9.17, 15) is 4.79 Å². The highest BCUT2D eigenvalue weighted by molar-refractivity contribution is 6.30. The first-order chi connectivity index (χ1) is 11.8. The molecule has 0 saturated heterocycles. The van der Waals surface area contributed by atoms with Crippen LogP contribution in [0.15, 0.2) is 17.3 Å². The molecule has 1 heterocycles. The molecule has 0 bridgehead atoms. The van der Waals surface area contributed by atoms with E-state index in [0.29, 0.717) is 30.7 Å². The first kappa shape index (κ1) is 21.3. The first-order valence-electron chi connectivity index (χ1n) is 8.43. The zero-order valence-electron chi connectivity index (χ0n) is 15.9. The van der Waals surface area contributed by atoms with E-state index < -0.39 is 0 Å². The highest BCUT2D eigenvalue weighted by atomic mass is 35.5. The van der Waals surface area contributed by atoms with Crippen LogP contribution in [0.2, 0.25) is 5.02 Å². The maximum atomic E-state index is 11.8. The highest BCUT2D eigenvalue weighted by Gasteiger charge is 2.11. The fourth-order valence-electron chi connectivity index (χ4n) is 2.16. The van der Waals surface area contributed by atoms with Crippen LogP contribution in [0.25, 0.3) is 0 Å². The molecule has 0 aliphatic rings. The Morgan fingerprint density at radius 1 is 1.40 bits per heavy atom. The Bertz CT molecular complexity index is 571. The third-order valence-corrected chi connectivity index (χ3v) is 3.86. The molecule has 0 unspecified atom stereocenters. The van der Waals surface area contributed by atoms with Gasteiger partial charge < -0.3 is 24.4 Å². The van der Waals surface area contributed by atoms with Crippen LogP contribution in [0.1, 0.15) is 19.0 Å². The number of carbonyl (C=O) groups excluding carboxylic acids is 1. The molecule has 0 spiro atoms. The van der Waals surface area contributed by atoms with Crippen molar-refractivity contribution in [2.45, 2.75) is 19.9 Å². The number of halogens is 1. The van der Waals surface area contributed by atoms with Crippen molar-refractivity contribution < 1.29 is 9.53 Å². The summed E-state index contributed by atoms with van der Waals surface area (Å²) in [5.41, 5.74) is 1.07. The lowest BCUT2D eigenvalue weighted by atomic mass is 10.4. The molecule has 0 fully saturated rings. The summed E-state index contributed by atoms with van der Waals surface area (Å²) in [6.45, 7) is 4.87. The Balaban J connectivity index is 2.71. The van der Waals surface area contributed by atoms with Gasteiger partial charge in [-0.2, -0.15) is 0 Å². The molecule has 1 aromatic heterocycles. The zero-order chi connectivity index (χ0) is 18.8. The van der Waals surface area contributed by atoms with Crippen molar-refractivity contribution in [1.29, 1.82) is 0 Å². The number of rotatable bonds is 9. The third kappa shape index (κ3) is 7.79. The van der Waals surface area contributed by atoms with Gasteiger partial charge in [-0.15, -0.1) is 0 Å². The lowest BCUT2D eigenvalue weighted by molar-refractivity contribution is -0.127. The van der Waals surface area contributed by atoms with Crippen molar-refractivity contribution in [3.05, 3.63) is 23.0 Å². The Labute approximate surface area is 155 Å². The zero-order valence-corrected chi connectivity index (χ0v) is 16.6. The van der Waals surface area contributed by atoms with E-state index in [1.54, 1.807) is 14.1 Å². The summed E-state index contributed by atoms with van der Waals surface area (Å²) in [5.74, 6) is 0.646. The van der Waals surface area contributed by atoms with Gasteiger partial charge in [-0.05, 0) is 19.4 Å². The molecule has 0 aliphatic heterocycles.